The van der Waals surface area contributed by atoms with Crippen LogP contribution in [0.4, 0.5) is 17.1 Å². The summed E-state index contributed by atoms with van der Waals surface area (Å²) in [5.74, 6) is 0. The fourth-order valence-corrected chi connectivity index (χ4v) is 11.2. The van der Waals surface area contributed by atoms with E-state index < -0.39 is 5.41 Å². The van der Waals surface area contributed by atoms with E-state index in [0.29, 0.717) is 22.3 Å². The van der Waals surface area contributed by atoms with E-state index in [1.54, 1.807) is 12.1 Å². The zero-order valence-electron chi connectivity index (χ0n) is 42.8. The van der Waals surface area contributed by atoms with Crippen LogP contribution >= 0.6 is 0 Å². The van der Waals surface area contributed by atoms with Crippen molar-refractivity contribution < 1.29 is 0 Å². The Morgan fingerprint density at radius 2 is 0.506 bits per heavy atom. The lowest BCUT2D eigenvalue weighted by Gasteiger charge is -2.40. The summed E-state index contributed by atoms with van der Waals surface area (Å²) in [7, 11) is 198. The van der Waals surface area contributed by atoms with E-state index in [-0.39, 0.29) is 220 Å². The first-order chi connectivity index (χ1) is 36.6. The molecule has 0 atom stereocenters. The van der Waals surface area contributed by atoms with Crippen molar-refractivity contribution in [3.63, 3.8) is 0 Å². The van der Waals surface area contributed by atoms with Gasteiger partial charge in [0.25, 0.3) is 0 Å². The van der Waals surface area contributed by atoms with Gasteiger partial charge in [-0.15, -0.1) is 65.6 Å². The van der Waals surface area contributed by atoms with E-state index in [0.717, 1.165) is 0 Å². The molecule has 9 rings (SSSR count). The molecule has 1 aliphatic carbocycles. The number of hydrogen-bond donors (Lipinski definition) is 0. The van der Waals surface area contributed by atoms with Gasteiger partial charge in [0.2, 0.25) is 0 Å². The summed E-state index contributed by atoms with van der Waals surface area (Å²) in [6.45, 7) is 3.70. The molecule has 58 radical (unpaired) electrons. The molecule has 0 fully saturated rings. The third-order valence-electron chi connectivity index (χ3n) is 15.5. The SMILES string of the molecule is [B]c1ccc(N(c2c([B])c([B])c(-c3c([B])c([B])c([B])c4c([B])c([B])c([B])c(-c5c([B])c([B])c([B])c([B])c5[B])c34)c([B])c2[B])c2c([B])c([B])c([B])c([B])c2-c2c([B])c([B])c([B])c([B])c2[B])c2c1C(C)(C)c1c([B])c([B])c([B])c([B])c1-2. The van der Waals surface area contributed by atoms with Gasteiger partial charge in [-0.05, 0) is 66.9 Å². The van der Waals surface area contributed by atoms with Gasteiger partial charge in [0, 0.05) is 22.4 Å². The highest BCUT2D eigenvalue weighted by molar-refractivity contribution is 6.76. The molecule has 1 aliphatic rings. The first kappa shape index (κ1) is 59.3. The lowest BCUT2D eigenvalue weighted by Crippen LogP contribution is -2.57. The maximum atomic E-state index is 7.46. The molecule has 79 heavy (non-hydrogen) atoms. The second-order valence-electron chi connectivity index (χ2n) is 19.9. The van der Waals surface area contributed by atoms with Crippen molar-refractivity contribution >= 4 is 414 Å². The van der Waals surface area contributed by atoms with Crippen LogP contribution in [0.25, 0.3) is 55.3 Å². The number of hydrogen-bond acceptors (Lipinski definition) is 1. The minimum absolute atomic E-state index is 0.0110. The van der Waals surface area contributed by atoms with Crippen LogP contribution in [0.15, 0.2) is 12.1 Å². The van der Waals surface area contributed by atoms with Gasteiger partial charge in [0.15, 0.2) is 0 Å². The van der Waals surface area contributed by atoms with Gasteiger partial charge in [-0.1, -0.05) is 113 Å². The summed E-state index contributed by atoms with van der Waals surface area (Å²) in [6, 6.07) is 3.17. The first-order valence-electron chi connectivity index (χ1n) is 23.5. The lowest BCUT2D eigenvalue weighted by molar-refractivity contribution is 0.669. The molecule has 0 bridgehead atoms. The highest BCUT2D eigenvalue weighted by atomic mass is 15.2. The van der Waals surface area contributed by atoms with E-state index in [9.17, 15) is 0 Å². The molecule has 8 aromatic carbocycles. The Balaban J connectivity index is 1.55. The predicted molar refractivity (Wildman–Crippen MR) is 369 cm³/mol. The molecule has 0 saturated carbocycles. The summed E-state index contributed by atoms with van der Waals surface area (Å²) in [4.78, 5) is 1.42. The molecular formula is C49H8B29N. The van der Waals surface area contributed by atoms with Crippen molar-refractivity contribution in [1.82, 2.24) is 0 Å². The van der Waals surface area contributed by atoms with Gasteiger partial charge < -0.3 is 4.90 Å². The molecule has 0 unspecified atom stereocenters. The molecule has 0 spiro atoms. The van der Waals surface area contributed by atoms with Crippen molar-refractivity contribution in [3.8, 4) is 44.5 Å². The molecule has 0 aliphatic heterocycles. The van der Waals surface area contributed by atoms with Crippen LogP contribution in [0.1, 0.15) is 25.0 Å². The molecule has 8 aromatic rings. The average Bonchev–Trinajstić information content (AvgIpc) is 3.69. The van der Waals surface area contributed by atoms with E-state index in [4.69, 9.17) is 228 Å². The third kappa shape index (κ3) is 8.07. The summed E-state index contributed by atoms with van der Waals surface area (Å²) in [6.07, 6.45) is 0. The van der Waals surface area contributed by atoms with Crippen LogP contribution in [0.3, 0.4) is 0 Å². The van der Waals surface area contributed by atoms with Crippen LogP contribution in [0, 0.1) is 0 Å². The van der Waals surface area contributed by atoms with E-state index in [2.05, 4.69) is 0 Å². The fourth-order valence-electron chi connectivity index (χ4n) is 11.2. The second kappa shape index (κ2) is 20.2. The predicted octanol–water partition coefficient (Wildman–Crippen LogP) is -21.4. The number of nitrogens with zero attached hydrogens (tertiary/aromatic N) is 1. The third-order valence-corrected chi connectivity index (χ3v) is 15.5. The molecule has 296 valence electrons. The maximum absolute atomic E-state index is 7.46. The minimum Gasteiger partial charge on any atom is -0.311 e. The van der Waals surface area contributed by atoms with Crippen LogP contribution in [-0.4, -0.2) is 228 Å². The highest BCUT2D eigenvalue weighted by Crippen LogP contribution is 2.52. The summed E-state index contributed by atoms with van der Waals surface area (Å²) in [5.41, 5.74) is -5.48. The Morgan fingerprint density at radius 1 is 0.228 bits per heavy atom. The van der Waals surface area contributed by atoms with Gasteiger partial charge in [-0.25, -0.2) is 0 Å². The number of anilines is 3. The zero-order chi connectivity index (χ0) is 58.9. The summed E-state index contributed by atoms with van der Waals surface area (Å²) >= 11 is 0. The lowest BCUT2D eigenvalue weighted by atomic mass is 9.55. The minimum atomic E-state index is -1.08. The number of benzene rings is 8. The van der Waals surface area contributed by atoms with E-state index in [1.165, 1.54) is 4.90 Å². The Hall–Kier alpha value is -4.30. The Labute approximate surface area is 502 Å². The van der Waals surface area contributed by atoms with Crippen LogP contribution < -0.4 is 163 Å². The topological polar surface area (TPSA) is 3.24 Å². The van der Waals surface area contributed by atoms with Crippen molar-refractivity contribution in [2.75, 3.05) is 4.90 Å². The van der Waals surface area contributed by atoms with Gasteiger partial charge in [0.1, 0.15) is 228 Å². The monoisotopic (exact) mass is 929 g/mol. The van der Waals surface area contributed by atoms with Crippen LogP contribution in [0.5, 0.6) is 0 Å². The van der Waals surface area contributed by atoms with Crippen LogP contribution in [0.2, 0.25) is 0 Å². The van der Waals surface area contributed by atoms with Crippen LogP contribution in [-0.2, 0) is 5.41 Å². The molecular weight excluding hydrogens is 916 g/mol. The van der Waals surface area contributed by atoms with Crippen molar-refractivity contribution in [3.05, 3.63) is 23.3 Å². The Morgan fingerprint density at radius 3 is 0.911 bits per heavy atom. The smallest absolute Gasteiger partial charge is 0.115 e. The highest BCUT2D eigenvalue weighted by Gasteiger charge is 2.43. The Bertz CT molecular complexity index is 4070. The maximum Gasteiger partial charge on any atom is 0.115 e. The Kier molecular flexibility index (Phi) is 15.2. The molecule has 1 nitrogen and oxygen atoms in total. The quantitative estimate of drug-likeness (QED) is 0.150. The zero-order valence-corrected chi connectivity index (χ0v) is 42.8. The summed E-state index contributed by atoms with van der Waals surface area (Å²) < 4.78 is 0. The first-order valence-corrected chi connectivity index (χ1v) is 23.5. The van der Waals surface area contributed by atoms with Gasteiger partial charge in [-0.3, -0.25) is 0 Å². The largest absolute Gasteiger partial charge is 0.311 e. The standard InChI is InChI=1S/C49H8B29N/c1-49(2)17-5(50)3-4-6(7(17)11-18(49)31(63)40(72)34(66)21(11)53)79(47-16(30(62)39(71)43(75)46(47)78)15-26(58)37(69)42(74)38(70)27(15)59)48-44(76)28(60)14(29(61)45(48)77)10-8-9(13-24(56)35(67)41(73)36(68)25(13)57)19(51)32(64)22(54)12(8)23(55)33(65)20(10)52/h3-4H,1-2H3. The average molecular weight is 924 g/mol. The summed E-state index contributed by atoms with van der Waals surface area (Å²) in [5, 5.41) is -0.0387. The van der Waals surface area contributed by atoms with Gasteiger partial charge in [-0.2, -0.15) is 0 Å². The van der Waals surface area contributed by atoms with Gasteiger partial charge in [0.05, 0.1) is 5.69 Å². The molecule has 0 saturated heterocycles. The molecule has 0 amide bonds. The molecule has 0 heterocycles. The normalized spacial score (nSPS) is 12.5. The fraction of sp³-hybridized carbons (Fsp3) is 0.0612. The molecule has 0 N–H and O–H groups in total. The molecule has 0 aromatic heterocycles. The van der Waals surface area contributed by atoms with E-state index in [1.807, 2.05) is 13.8 Å². The van der Waals surface area contributed by atoms with E-state index >= 15 is 0 Å². The van der Waals surface area contributed by atoms with Crippen molar-refractivity contribution in [2.24, 2.45) is 0 Å². The van der Waals surface area contributed by atoms with Crippen molar-refractivity contribution in [1.29, 1.82) is 0 Å². The van der Waals surface area contributed by atoms with Gasteiger partial charge >= 0.3 is 0 Å². The molecule has 30 heteroatoms. The number of rotatable bonds is 6. The van der Waals surface area contributed by atoms with Crippen molar-refractivity contribution in [2.45, 2.75) is 19.3 Å². The number of fused-ring (bicyclic) bond motifs is 4. The second-order valence-corrected chi connectivity index (χ2v) is 19.9.